The number of hydrogen-bond donors (Lipinski definition) is 1. The molecule has 1 saturated heterocycles. The first kappa shape index (κ1) is 10.1. The van der Waals surface area contributed by atoms with Gasteiger partial charge in [0.15, 0.2) is 0 Å². The minimum Gasteiger partial charge on any atom is -0.468 e. The predicted molar refractivity (Wildman–Crippen MR) is 59.3 cm³/mol. The minimum atomic E-state index is 0.639. The van der Waals surface area contributed by atoms with Crippen LogP contribution in [0.25, 0.3) is 0 Å². The van der Waals surface area contributed by atoms with Crippen LogP contribution in [0.15, 0.2) is 22.8 Å². The third kappa shape index (κ3) is 2.77. The zero-order chi connectivity index (χ0) is 9.80. The summed E-state index contributed by atoms with van der Waals surface area (Å²) in [5.74, 6) is 3.36. The number of furan rings is 1. The first-order chi connectivity index (χ1) is 6.84. The second kappa shape index (κ2) is 4.87. The van der Waals surface area contributed by atoms with Crippen molar-refractivity contribution in [2.45, 2.75) is 12.6 Å². The fourth-order valence-corrected chi connectivity index (χ4v) is 2.64. The fourth-order valence-electron chi connectivity index (χ4n) is 1.66. The third-order valence-electron chi connectivity index (χ3n) is 2.33. The molecule has 0 aromatic carbocycles. The molecule has 4 heteroatoms. The maximum Gasteiger partial charge on any atom is 0.117 e. The first-order valence-corrected chi connectivity index (χ1v) is 6.02. The van der Waals surface area contributed by atoms with E-state index in [1.807, 2.05) is 23.9 Å². The molecule has 1 aromatic heterocycles. The van der Waals surface area contributed by atoms with Crippen molar-refractivity contribution in [3.8, 4) is 0 Å². The maximum absolute atomic E-state index is 5.30. The van der Waals surface area contributed by atoms with Gasteiger partial charge in [0.2, 0.25) is 0 Å². The van der Waals surface area contributed by atoms with E-state index in [0.29, 0.717) is 6.04 Å². The number of nitrogens with one attached hydrogen (secondary N) is 1. The molecule has 0 amide bonds. The highest BCUT2D eigenvalue weighted by molar-refractivity contribution is 7.99. The van der Waals surface area contributed by atoms with E-state index in [1.54, 1.807) is 6.26 Å². The lowest BCUT2D eigenvalue weighted by molar-refractivity contribution is 0.274. The highest BCUT2D eigenvalue weighted by Gasteiger charge is 2.16. The molecule has 1 unspecified atom stereocenters. The predicted octanol–water partition coefficient (Wildman–Crippen LogP) is 1.37. The molecule has 1 atom stereocenters. The number of nitrogens with zero attached hydrogens (tertiary/aromatic N) is 1. The zero-order valence-electron chi connectivity index (χ0n) is 8.40. The molecular weight excluding hydrogens is 196 g/mol. The van der Waals surface area contributed by atoms with E-state index in [9.17, 15) is 0 Å². The van der Waals surface area contributed by atoms with Crippen molar-refractivity contribution >= 4 is 11.8 Å². The van der Waals surface area contributed by atoms with Crippen LogP contribution in [0, 0.1) is 0 Å². The van der Waals surface area contributed by atoms with Gasteiger partial charge in [-0.1, -0.05) is 0 Å². The molecule has 0 aliphatic carbocycles. The summed E-state index contributed by atoms with van der Waals surface area (Å²) in [7, 11) is 2.13. The maximum atomic E-state index is 5.30. The molecule has 1 aliphatic rings. The largest absolute Gasteiger partial charge is 0.468 e. The lowest BCUT2D eigenvalue weighted by Crippen LogP contribution is -2.36. The van der Waals surface area contributed by atoms with Crippen molar-refractivity contribution in [1.82, 2.24) is 10.2 Å². The summed E-state index contributed by atoms with van der Waals surface area (Å²) in [5, 5.41) is 3.46. The van der Waals surface area contributed by atoms with Gasteiger partial charge in [0, 0.05) is 24.2 Å². The summed E-state index contributed by atoms with van der Waals surface area (Å²) in [6, 6.07) is 4.60. The van der Waals surface area contributed by atoms with Gasteiger partial charge in [-0.25, -0.2) is 0 Å². The number of likely N-dealkylation sites (N-methyl/N-ethyl adjacent to an activating group) is 1. The third-order valence-corrected chi connectivity index (χ3v) is 3.34. The van der Waals surface area contributed by atoms with Crippen LogP contribution in [0.2, 0.25) is 0 Å². The monoisotopic (exact) mass is 212 g/mol. The Balaban J connectivity index is 1.75. The minimum absolute atomic E-state index is 0.639. The Morgan fingerprint density at radius 3 is 3.29 bits per heavy atom. The van der Waals surface area contributed by atoms with Crippen LogP contribution >= 0.6 is 11.8 Å². The van der Waals surface area contributed by atoms with Gasteiger partial charge in [-0.05, 0) is 19.2 Å². The Morgan fingerprint density at radius 2 is 2.64 bits per heavy atom. The Kier molecular flexibility index (Phi) is 3.50. The van der Waals surface area contributed by atoms with Gasteiger partial charge < -0.3 is 9.73 Å². The average Bonchev–Trinajstić information content (AvgIpc) is 2.76. The van der Waals surface area contributed by atoms with Crippen LogP contribution in [0.1, 0.15) is 5.76 Å². The van der Waals surface area contributed by atoms with Crippen LogP contribution < -0.4 is 5.32 Å². The second-order valence-electron chi connectivity index (χ2n) is 3.69. The molecule has 0 saturated carbocycles. The van der Waals surface area contributed by atoms with E-state index < -0.39 is 0 Å². The van der Waals surface area contributed by atoms with Gasteiger partial charge in [0.05, 0.1) is 12.8 Å². The molecule has 2 heterocycles. The standard InChI is InChI=1S/C10H16N2OS/c1-12(5-9-7-14-8-11-9)6-10-3-2-4-13-10/h2-4,9,11H,5-8H2,1H3. The lowest BCUT2D eigenvalue weighted by Gasteiger charge is -2.19. The van der Waals surface area contributed by atoms with Crippen LogP contribution in [-0.2, 0) is 6.54 Å². The summed E-state index contributed by atoms with van der Waals surface area (Å²) < 4.78 is 5.30. The fraction of sp³-hybridized carbons (Fsp3) is 0.600. The molecule has 2 rings (SSSR count). The molecule has 0 spiro atoms. The summed E-state index contributed by atoms with van der Waals surface area (Å²) in [5.41, 5.74) is 0. The number of thioether (sulfide) groups is 1. The normalized spacial score (nSPS) is 22.0. The summed E-state index contributed by atoms with van der Waals surface area (Å²) in [4.78, 5) is 2.29. The summed E-state index contributed by atoms with van der Waals surface area (Å²) in [6.07, 6.45) is 1.73. The van der Waals surface area contributed by atoms with E-state index in [1.165, 1.54) is 5.75 Å². The molecule has 1 fully saturated rings. The molecule has 0 bridgehead atoms. The second-order valence-corrected chi connectivity index (χ2v) is 4.72. The highest BCUT2D eigenvalue weighted by atomic mass is 32.2. The Hall–Kier alpha value is -0.450. The van der Waals surface area contributed by atoms with Crippen LogP contribution in [0.5, 0.6) is 0 Å². The van der Waals surface area contributed by atoms with Crippen molar-refractivity contribution in [3.05, 3.63) is 24.2 Å². The summed E-state index contributed by atoms with van der Waals surface area (Å²) in [6.45, 7) is 1.99. The van der Waals surface area contributed by atoms with Gasteiger partial charge in [-0.2, -0.15) is 0 Å². The molecule has 1 aliphatic heterocycles. The lowest BCUT2D eigenvalue weighted by atomic mass is 10.3. The zero-order valence-corrected chi connectivity index (χ0v) is 9.22. The van der Waals surface area contributed by atoms with Crippen LogP contribution in [0.3, 0.4) is 0 Å². The Labute approximate surface area is 88.8 Å². The van der Waals surface area contributed by atoms with Crippen molar-refractivity contribution < 1.29 is 4.42 Å². The van der Waals surface area contributed by atoms with Gasteiger partial charge in [-0.3, -0.25) is 4.90 Å². The Bertz CT molecular complexity index is 257. The Morgan fingerprint density at radius 1 is 1.71 bits per heavy atom. The van der Waals surface area contributed by atoms with E-state index in [-0.39, 0.29) is 0 Å². The number of rotatable bonds is 4. The van der Waals surface area contributed by atoms with Crippen molar-refractivity contribution in [2.75, 3.05) is 25.2 Å². The van der Waals surface area contributed by atoms with Crippen LogP contribution in [-0.4, -0.2) is 36.2 Å². The van der Waals surface area contributed by atoms with Crippen molar-refractivity contribution in [3.63, 3.8) is 0 Å². The van der Waals surface area contributed by atoms with E-state index in [4.69, 9.17) is 4.42 Å². The molecule has 78 valence electrons. The first-order valence-electron chi connectivity index (χ1n) is 4.86. The SMILES string of the molecule is CN(Cc1ccco1)CC1CSCN1. The molecular formula is C10H16N2OS. The van der Waals surface area contributed by atoms with Gasteiger partial charge in [-0.15, -0.1) is 11.8 Å². The molecule has 14 heavy (non-hydrogen) atoms. The molecule has 1 N–H and O–H groups in total. The topological polar surface area (TPSA) is 28.4 Å². The number of hydrogen-bond acceptors (Lipinski definition) is 4. The van der Waals surface area contributed by atoms with Gasteiger partial charge >= 0.3 is 0 Å². The smallest absolute Gasteiger partial charge is 0.117 e. The quantitative estimate of drug-likeness (QED) is 0.816. The average molecular weight is 212 g/mol. The van der Waals surface area contributed by atoms with E-state index in [0.717, 1.165) is 24.7 Å². The molecule has 3 nitrogen and oxygen atoms in total. The van der Waals surface area contributed by atoms with E-state index in [2.05, 4.69) is 17.3 Å². The van der Waals surface area contributed by atoms with Crippen molar-refractivity contribution in [2.24, 2.45) is 0 Å². The highest BCUT2D eigenvalue weighted by Crippen LogP contribution is 2.11. The van der Waals surface area contributed by atoms with Crippen LogP contribution in [0.4, 0.5) is 0 Å². The van der Waals surface area contributed by atoms with Crippen molar-refractivity contribution in [1.29, 1.82) is 0 Å². The van der Waals surface area contributed by atoms with Gasteiger partial charge in [0.25, 0.3) is 0 Å². The summed E-state index contributed by atoms with van der Waals surface area (Å²) >= 11 is 1.97. The van der Waals surface area contributed by atoms with Gasteiger partial charge in [0.1, 0.15) is 5.76 Å². The molecule has 0 radical (unpaired) electrons. The van der Waals surface area contributed by atoms with E-state index >= 15 is 0 Å². The molecule has 1 aromatic rings.